The molecule has 0 aliphatic rings. The van der Waals surface area contributed by atoms with E-state index < -0.39 is 0 Å². The Balaban J connectivity index is 2.10. The molecule has 0 unspecified atom stereocenters. The van der Waals surface area contributed by atoms with E-state index >= 15 is 0 Å². The third-order valence-electron chi connectivity index (χ3n) is 2.78. The Morgan fingerprint density at radius 3 is 2.81 bits per heavy atom. The van der Waals surface area contributed by atoms with E-state index in [-0.39, 0.29) is 6.03 Å². The third kappa shape index (κ3) is 8.38. The summed E-state index contributed by atoms with van der Waals surface area (Å²) >= 11 is 6.00. The Morgan fingerprint density at radius 1 is 1.29 bits per heavy atom. The van der Waals surface area contributed by atoms with E-state index in [0.29, 0.717) is 18.2 Å². The number of benzene rings is 1. The number of amides is 2. The molecular formula is C16H23ClN2O2. The van der Waals surface area contributed by atoms with Crippen molar-refractivity contribution in [3.05, 3.63) is 41.1 Å². The van der Waals surface area contributed by atoms with Gasteiger partial charge >= 0.3 is 6.03 Å². The number of urea groups is 1. The number of nitrogens with one attached hydrogen (secondary N) is 2. The molecule has 116 valence electrons. The van der Waals surface area contributed by atoms with Gasteiger partial charge in [-0.25, -0.2) is 4.79 Å². The maximum absolute atomic E-state index is 11.5. The molecule has 0 saturated heterocycles. The van der Waals surface area contributed by atoms with E-state index in [1.54, 1.807) is 18.3 Å². The van der Waals surface area contributed by atoms with Gasteiger partial charge in [-0.05, 0) is 30.5 Å². The fourth-order valence-corrected chi connectivity index (χ4v) is 1.79. The molecular weight excluding hydrogens is 288 g/mol. The highest BCUT2D eigenvalue weighted by Crippen LogP contribution is 2.15. The summed E-state index contributed by atoms with van der Waals surface area (Å²) in [5.41, 5.74) is 0.865. The monoisotopic (exact) mass is 310 g/mol. The van der Waals surface area contributed by atoms with Gasteiger partial charge in [-0.2, -0.15) is 0 Å². The maximum atomic E-state index is 11.5. The minimum atomic E-state index is -0.230. The van der Waals surface area contributed by atoms with Crippen LogP contribution >= 0.6 is 11.6 Å². The molecule has 0 bridgehead atoms. The summed E-state index contributed by atoms with van der Waals surface area (Å²) in [6.07, 6.45) is 6.37. The highest BCUT2D eigenvalue weighted by molar-refractivity contribution is 6.32. The second-order valence-corrected chi connectivity index (χ2v) is 4.98. The van der Waals surface area contributed by atoms with Crippen LogP contribution in [0.5, 0.6) is 0 Å². The van der Waals surface area contributed by atoms with Gasteiger partial charge in [0.05, 0.1) is 0 Å². The van der Waals surface area contributed by atoms with Crippen molar-refractivity contribution < 1.29 is 9.53 Å². The van der Waals surface area contributed by atoms with Crippen LogP contribution in [0.15, 0.2) is 30.5 Å². The predicted octanol–water partition coefficient (Wildman–Crippen LogP) is 3.82. The van der Waals surface area contributed by atoms with Gasteiger partial charge in [0.15, 0.2) is 0 Å². The van der Waals surface area contributed by atoms with Gasteiger partial charge in [0.1, 0.15) is 0 Å². The van der Waals surface area contributed by atoms with Crippen molar-refractivity contribution in [3.8, 4) is 0 Å². The van der Waals surface area contributed by atoms with E-state index in [4.69, 9.17) is 16.3 Å². The SMILES string of the molecule is CCCCOCCCNC(=O)N/C=C/c1ccccc1Cl. The van der Waals surface area contributed by atoms with Gasteiger partial charge in [-0.3, -0.25) is 0 Å². The van der Waals surface area contributed by atoms with E-state index in [1.807, 2.05) is 18.2 Å². The number of carbonyl (C=O) groups excluding carboxylic acids is 1. The molecule has 1 aromatic rings. The number of ether oxygens (including phenoxy) is 1. The van der Waals surface area contributed by atoms with Crippen LogP contribution < -0.4 is 10.6 Å². The minimum absolute atomic E-state index is 0.230. The second-order valence-electron chi connectivity index (χ2n) is 4.57. The molecule has 21 heavy (non-hydrogen) atoms. The molecule has 0 saturated carbocycles. The van der Waals surface area contributed by atoms with Crippen molar-refractivity contribution in [2.24, 2.45) is 0 Å². The van der Waals surface area contributed by atoms with Gasteiger partial charge in [0.25, 0.3) is 0 Å². The average Bonchev–Trinajstić information content (AvgIpc) is 2.48. The molecule has 0 atom stereocenters. The molecule has 0 radical (unpaired) electrons. The highest BCUT2D eigenvalue weighted by Gasteiger charge is 1.97. The summed E-state index contributed by atoms with van der Waals surface area (Å²) < 4.78 is 5.41. The van der Waals surface area contributed by atoms with Crippen molar-refractivity contribution in [2.75, 3.05) is 19.8 Å². The van der Waals surface area contributed by atoms with Crippen LogP contribution in [-0.2, 0) is 4.74 Å². The van der Waals surface area contributed by atoms with Crippen LogP contribution in [0.4, 0.5) is 4.79 Å². The van der Waals surface area contributed by atoms with Crippen molar-refractivity contribution in [1.29, 1.82) is 0 Å². The summed E-state index contributed by atoms with van der Waals surface area (Å²) in [5.74, 6) is 0. The van der Waals surface area contributed by atoms with E-state index in [9.17, 15) is 4.79 Å². The minimum Gasteiger partial charge on any atom is -0.381 e. The normalized spacial score (nSPS) is 10.8. The summed E-state index contributed by atoms with van der Waals surface area (Å²) in [5, 5.41) is 6.05. The average molecular weight is 311 g/mol. The van der Waals surface area contributed by atoms with E-state index in [2.05, 4.69) is 17.6 Å². The number of rotatable bonds is 9. The first-order valence-corrected chi connectivity index (χ1v) is 7.65. The zero-order chi connectivity index (χ0) is 15.3. The molecule has 0 fully saturated rings. The lowest BCUT2D eigenvalue weighted by atomic mass is 10.2. The van der Waals surface area contributed by atoms with Crippen LogP contribution in [0.2, 0.25) is 5.02 Å². The van der Waals surface area contributed by atoms with Crippen molar-refractivity contribution in [1.82, 2.24) is 10.6 Å². The van der Waals surface area contributed by atoms with Gasteiger partial charge < -0.3 is 15.4 Å². The molecule has 1 rings (SSSR count). The molecule has 1 aromatic carbocycles. The van der Waals surface area contributed by atoms with Crippen LogP contribution in [0, 0.1) is 0 Å². The number of unbranched alkanes of at least 4 members (excludes halogenated alkanes) is 1. The third-order valence-corrected chi connectivity index (χ3v) is 3.12. The summed E-state index contributed by atoms with van der Waals surface area (Å²) in [7, 11) is 0. The quantitative estimate of drug-likeness (QED) is 0.681. The van der Waals surface area contributed by atoms with Crippen LogP contribution in [-0.4, -0.2) is 25.8 Å². The van der Waals surface area contributed by atoms with Crippen LogP contribution in [0.25, 0.3) is 6.08 Å². The van der Waals surface area contributed by atoms with Gasteiger partial charge in [0.2, 0.25) is 0 Å². The molecule has 0 spiro atoms. The Hall–Kier alpha value is -1.52. The van der Waals surface area contributed by atoms with Crippen molar-refractivity contribution in [3.63, 3.8) is 0 Å². The summed E-state index contributed by atoms with van der Waals surface area (Å²) in [6, 6.07) is 7.21. The molecule has 2 N–H and O–H groups in total. The van der Waals surface area contributed by atoms with E-state index in [0.717, 1.165) is 31.4 Å². The number of hydrogen-bond donors (Lipinski definition) is 2. The molecule has 0 aliphatic heterocycles. The Morgan fingerprint density at radius 2 is 2.05 bits per heavy atom. The van der Waals surface area contributed by atoms with E-state index in [1.165, 1.54) is 0 Å². The lowest BCUT2D eigenvalue weighted by Gasteiger charge is -2.05. The molecule has 0 aliphatic carbocycles. The first-order valence-electron chi connectivity index (χ1n) is 7.27. The van der Waals surface area contributed by atoms with Crippen LogP contribution in [0.1, 0.15) is 31.7 Å². The first kappa shape index (κ1) is 17.5. The molecule has 0 heterocycles. The topological polar surface area (TPSA) is 50.4 Å². The number of carbonyl (C=O) groups is 1. The highest BCUT2D eigenvalue weighted by atomic mass is 35.5. The zero-order valence-electron chi connectivity index (χ0n) is 12.4. The maximum Gasteiger partial charge on any atom is 0.318 e. The largest absolute Gasteiger partial charge is 0.381 e. The lowest BCUT2D eigenvalue weighted by molar-refractivity contribution is 0.129. The van der Waals surface area contributed by atoms with Gasteiger partial charge in [-0.15, -0.1) is 0 Å². The smallest absolute Gasteiger partial charge is 0.318 e. The Kier molecular flexibility index (Phi) is 9.33. The fraction of sp³-hybridized carbons (Fsp3) is 0.438. The fourth-order valence-electron chi connectivity index (χ4n) is 1.59. The molecule has 5 heteroatoms. The Labute approximate surface area is 131 Å². The summed E-state index contributed by atoms with van der Waals surface area (Å²) in [4.78, 5) is 11.5. The van der Waals surface area contributed by atoms with Crippen LogP contribution in [0.3, 0.4) is 0 Å². The molecule has 0 aromatic heterocycles. The standard InChI is InChI=1S/C16H23ClN2O2/c1-2-3-12-21-13-6-10-18-16(20)19-11-9-14-7-4-5-8-15(14)17/h4-5,7-9,11H,2-3,6,10,12-13H2,1H3,(H2,18,19,20)/b11-9+. The van der Waals surface area contributed by atoms with Crippen molar-refractivity contribution >= 4 is 23.7 Å². The zero-order valence-corrected chi connectivity index (χ0v) is 13.2. The molecule has 2 amide bonds. The van der Waals surface area contributed by atoms with Gasteiger partial charge in [0, 0.05) is 31.0 Å². The number of hydrogen-bond acceptors (Lipinski definition) is 2. The Bertz CT molecular complexity index is 450. The molecule has 4 nitrogen and oxygen atoms in total. The first-order chi connectivity index (χ1) is 10.2. The number of halogens is 1. The van der Waals surface area contributed by atoms with Crippen molar-refractivity contribution in [2.45, 2.75) is 26.2 Å². The predicted molar refractivity (Wildman–Crippen MR) is 87.4 cm³/mol. The summed E-state index contributed by atoms with van der Waals surface area (Å²) in [6.45, 7) is 4.20. The van der Waals surface area contributed by atoms with Gasteiger partial charge in [-0.1, -0.05) is 43.1 Å². The lowest BCUT2D eigenvalue weighted by Crippen LogP contribution is -2.33. The second kappa shape index (κ2) is 11.2.